The SMILES string of the molecule is CCCCNC(=O)C1N(CCCCCO)C(=O)[C@@H]2[C@H](C(=O)Nc3ccc(OCC)cc3)[C@H]3SC12CC3Br. The third kappa shape index (κ3) is 5.52. The van der Waals surface area contributed by atoms with Crippen LogP contribution in [0.15, 0.2) is 24.3 Å². The Hall–Kier alpha value is -1.78. The molecule has 3 unspecified atom stereocenters. The Bertz CT molecular complexity index is 979. The molecule has 3 amide bonds. The first-order valence-corrected chi connectivity index (χ1v) is 15.2. The predicted octanol–water partition coefficient (Wildman–Crippen LogP) is 3.57. The number of carbonyl (C=O) groups is 3. The number of likely N-dealkylation sites (tertiary alicyclic amines) is 1. The molecule has 3 saturated heterocycles. The molecule has 3 aliphatic heterocycles. The van der Waals surface area contributed by atoms with Gasteiger partial charge < -0.3 is 25.4 Å². The van der Waals surface area contributed by atoms with Gasteiger partial charge in [-0.05, 0) is 63.3 Å². The Balaban J connectivity index is 1.58. The predicted molar refractivity (Wildman–Crippen MR) is 149 cm³/mol. The minimum Gasteiger partial charge on any atom is -0.494 e. The zero-order chi connectivity index (χ0) is 26.6. The van der Waals surface area contributed by atoms with Crippen LogP contribution in [0.25, 0.3) is 0 Å². The quantitative estimate of drug-likeness (QED) is 0.238. The van der Waals surface area contributed by atoms with Crippen molar-refractivity contribution < 1.29 is 24.2 Å². The van der Waals surface area contributed by atoms with Gasteiger partial charge in [-0.1, -0.05) is 29.3 Å². The Morgan fingerprint density at radius 2 is 1.92 bits per heavy atom. The van der Waals surface area contributed by atoms with Gasteiger partial charge in [0.05, 0.1) is 23.2 Å². The number of aliphatic hydroxyl groups excluding tert-OH is 1. The van der Waals surface area contributed by atoms with E-state index in [1.54, 1.807) is 28.8 Å². The first-order valence-electron chi connectivity index (χ1n) is 13.4. The lowest BCUT2D eigenvalue weighted by molar-refractivity contribution is -0.139. The molecule has 1 aromatic rings. The van der Waals surface area contributed by atoms with Gasteiger partial charge >= 0.3 is 0 Å². The summed E-state index contributed by atoms with van der Waals surface area (Å²) < 4.78 is 4.86. The molecule has 2 bridgehead atoms. The number of carbonyl (C=O) groups excluding carboxylic acids is 3. The van der Waals surface area contributed by atoms with Crippen molar-refractivity contribution in [2.75, 3.05) is 31.6 Å². The highest BCUT2D eigenvalue weighted by atomic mass is 79.9. The summed E-state index contributed by atoms with van der Waals surface area (Å²) in [6.07, 6.45) is 4.67. The van der Waals surface area contributed by atoms with E-state index in [0.717, 1.165) is 25.0 Å². The van der Waals surface area contributed by atoms with Crippen LogP contribution in [0.4, 0.5) is 5.69 Å². The summed E-state index contributed by atoms with van der Waals surface area (Å²) in [4.78, 5) is 42.9. The molecule has 1 aromatic carbocycles. The van der Waals surface area contributed by atoms with Crippen molar-refractivity contribution in [1.82, 2.24) is 10.2 Å². The Morgan fingerprint density at radius 3 is 2.59 bits per heavy atom. The van der Waals surface area contributed by atoms with Gasteiger partial charge in [0, 0.05) is 35.5 Å². The van der Waals surface area contributed by atoms with Crippen LogP contribution in [0.3, 0.4) is 0 Å². The maximum atomic E-state index is 13.9. The molecule has 3 aliphatic rings. The summed E-state index contributed by atoms with van der Waals surface area (Å²) in [7, 11) is 0. The second-order valence-corrected chi connectivity index (χ2v) is 12.8. The highest BCUT2D eigenvalue weighted by Gasteiger charge is 2.75. The molecular formula is C27H38BrN3O5S. The number of thioether (sulfide) groups is 1. The molecule has 3 N–H and O–H groups in total. The van der Waals surface area contributed by atoms with E-state index in [1.807, 2.05) is 19.1 Å². The molecule has 1 spiro atoms. The van der Waals surface area contributed by atoms with Crippen molar-refractivity contribution in [3.05, 3.63) is 24.3 Å². The van der Waals surface area contributed by atoms with Gasteiger partial charge in [0.25, 0.3) is 0 Å². The van der Waals surface area contributed by atoms with E-state index < -0.39 is 22.6 Å². The van der Waals surface area contributed by atoms with Crippen molar-refractivity contribution >= 4 is 51.1 Å². The molecule has 0 radical (unpaired) electrons. The number of rotatable bonds is 13. The summed E-state index contributed by atoms with van der Waals surface area (Å²) in [5, 5.41) is 15.2. The van der Waals surface area contributed by atoms with Crippen LogP contribution in [0.5, 0.6) is 5.75 Å². The summed E-state index contributed by atoms with van der Waals surface area (Å²) in [5.41, 5.74) is 0.654. The van der Waals surface area contributed by atoms with E-state index >= 15 is 0 Å². The van der Waals surface area contributed by atoms with E-state index in [9.17, 15) is 19.5 Å². The maximum Gasteiger partial charge on any atom is 0.244 e. The number of alkyl halides is 1. The summed E-state index contributed by atoms with van der Waals surface area (Å²) >= 11 is 5.44. The standard InChI is InChI=1S/C27H38BrN3O5S/c1-3-5-13-29-25(34)23-27-16-19(28)22(37-27)20(21(27)26(35)31(23)14-7-6-8-15-32)24(33)30-17-9-11-18(12-10-17)36-4-2/h9-12,19-23,32H,3-8,13-16H2,1-2H3,(H,29,34)(H,30,33)/t19?,20-,21-,22-,23?,27?/m0/s1. The topological polar surface area (TPSA) is 108 Å². The Morgan fingerprint density at radius 1 is 1.16 bits per heavy atom. The lowest BCUT2D eigenvalue weighted by Gasteiger charge is -2.35. The fraction of sp³-hybridized carbons (Fsp3) is 0.667. The van der Waals surface area contributed by atoms with E-state index in [-0.39, 0.29) is 34.4 Å². The largest absolute Gasteiger partial charge is 0.494 e. The normalized spacial score (nSPS) is 29.9. The third-order valence-electron chi connectivity index (χ3n) is 7.66. The van der Waals surface area contributed by atoms with Gasteiger partial charge in [0.2, 0.25) is 17.7 Å². The van der Waals surface area contributed by atoms with Crippen LogP contribution in [0.1, 0.15) is 52.4 Å². The Labute approximate surface area is 231 Å². The van der Waals surface area contributed by atoms with Gasteiger partial charge in [0.15, 0.2) is 0 Å². The first-order chi connectivity index (χ1) is 17.9. The van der Waals surface area contributed by atoms with Gasteiger partial charge in [-0.25, -0.2) is 0 Å². The number of benzene rings is 1. The number of unbranched alkanes of at least 4 members (excludes halogenated alkanes) is 3. The molecule has 37 heavy (non-hydrogen) atoms. The van der Waals surface area contributed by atoms with Gasteiger partial charge in [-0.2, -0.15) is 0 Å². The lowest BCUT2D eigenvalue weighted by Crippen LogP contribution is -2.54. The number of hydrogen-bond donors (Lipinski definition) is 3. The average Bonchev–Trinajstić information content (AvgIpc) is 3.47. The van der Waals surface area contributed by atoms with Crippen LogP contribution in [-0.4, -0.2) is 74.9 Å². The number of ether oxygens (including phenoxy) is 1. The lowest BCUT2D eigenvalue weighted by atomic mass is 9.70. The molecule has 3 heterocycles. The number of amides is 3. The summed E-state index contributed by atoms with van der Waals surface area (Å²) in [6.45, 7) is 5.69. The zero-order valence-corrected chi connectivity index (χ0v) is 24.0. The maximum absolute atomic E-state index is 13.9. The second-order valence-electron chi connectivity index (χ2n) is 10.1. The second kappa shape index (κ2) is 12.4. The molecule has 3 fully saturated rings. The van der Waals surface area contributed by atoms with Gasteiger partial charge in [-0.15, -0.1) is 11.8 Å². The van der Waals surface area contributed by atoms with Crippen LogP contribution in [0.2, 0.25) is 0 Å². The Kier molecular flexibility index (Phi) is 9.45. The molecule has 8 nitrogen and oxygen atoms in total. The number of nitrogens with one attached hydrogen (secondary N) is 2. The first kappa shape index (κ1) is 28.2. The van der Waals surface area contributed by atoms with Gasteiger partial charge in [-0.3, -0.25) is 14.4 Å². The van der Waals surface area contributed by atoms with Crippen molar-refractivity contribution in [2.45, 2.75) is 73.2 Å². The van der Waals surface area contributed by atoms with Crippen LogP contribution >= 0.6 is 27.7 Å². The number of fused-ring (bicyclic) bond motifs is 1. The molecule has 4 rings (SSSR count). The van der Waals surface area contributed by atoms with E-state index in [0.29, 0.717) is 44.6 Å². The molecule has 0 saturated carbocycles. The monoisotopic (exact) mass is 595 g/mol. The molecule has 6 atom stereocenters. The molecular weight excluding hydrogens is 558 g/mol. The van der Waals surface area contributed by atoms with Gasteiger partial charge in [0.1, 0.15) is 11.8 Å². The molecule has 10 heteroatoms. The number of nitrogens with zero attached hydrogens (tertiary/aromatic N) is 1. The zero-order valence-electron chi connectivity index (χ0n) is 21.6. The molecule has 0 aliphatic carbocycles. The van der Waals surface area contributed by atoms with Crippen molar-refractivity contribution in [3.63, 3.8) is 0 Å². The van der Waals surface area contributed by atoms with Crippen LogP contribution < -0.4 is 15.4 Å². The van der Waals surface area contributed by atoms with Crippen molar-refractivity contribution in [1.29, 1.82) is 0 Å². The summed E-state index contributed by atoms with van der Waals surface area (Å²) in [6, 6.07) is 6.63. The smallest absolute Gasteiger partial charge is 0.244 e. The van der Waals surface area contributed by atoms with Crippen molar-refractivity contribution in [3.8, 4) is 5.75 Å². The molecule has 204 valence electrons. The van der Waals surface area contributed by atoms with Crippen LogP contribution in [-0.2, 0) is 14.4 Å². The number of hydrogen-bond acceptors (Lipinski definition) is 6. The highest BCUT2D eigenvalue weighted by Crippen LogP contribution is 2.67. The number of anilines is 1. The fourth-order valence-corrected chi connectivity index (χ4v) is 9.67. The molecule has 0 aromatic heterocycles. The average molecular weight is 597 g/mol. The highest BCUT2D eigenvalue weighted by molar-refractivity contribution is 9.09. The minimum absolute atomic E-state index is 0.0397. The van der Waals surface area contributed by atoms with Crippen LogP contribution in [0, 0.1) is 11.8 Å². The minimum atomic E-state index is -0.635. The van der Waals surface area contributed by atoms with Crippen molar-refractivity contribution in [2.24, 2.45) is 11.8 Å². The van der Waals surface area contributed by atoms with E-state index in [2.05, 4.69) is 33.5 Å². The number of halogens is 1. The summed E-state index contributed by atoms with van der Waals surface area (Å²) in [5.74, 6) is -0.740. The number of aliphatic hydroxyl groups is 1. The van der Waals surface area contributed by atoms with E-state index in [4.69, 9.17) is 4.74 Å². The third-order valence-corrected chi connectivity index (χ3v) is 10.9. The van der Waals surface area contributed by atoms with E-state index in [1.165, 1.54) is 0 Å². The fourth-order valence-electron chi connectivity index (χ4n) is 6.05.